The molecule has 1 aliphatic rings. The number of nitrogens with zero attached hydrogens (tertiary/aromatic N) is 1. The molecule has 1 heterocycles. The summed E-state index contributed by atoms with van der Waals surface area (Å²) in [7, 11) is 0. The molecule has 1 atom stereocenters. The lowest BCUT2D eigenvalue weighted by Crippen LogP contribution is -2.36. The average Bonchev–Trinajstić information content (AvgIpc) is 2.62. The Morgan fingerprint density at radius 2 is 1.65 bits per heavy atom. The van der Waals surface area contributed by atoms with Crippen LogP contribution in [0.1, 0.15) is 30.1 Å². The van der Waals surface area contributed by atoms with Crippen LogP contribution in [-0.2, 0) is 6.42 Å². The molecule has 0 radical (unpaired) electrons. The van der Waals surface area contributed by atoms with Crippen LogP contribution in [0.3, 0.4) is 0 Å². The van der Waals surface area contributed by atoms with Gasteiger partial charge in [-0.05, 0) is 61.5 Å². The van der Waals surface area contributed by atoms with Crippen LogP contribution >= 0.6 is 0 Å². The second-order valence-corrected chi connectivity index (χ2v) is 6.41. The van der Waals surface area contributed by atoms with Crippen molar-refractivity contribution in [3.8, 4) is 0 Å². The maximum absolute atomic E-state index is 12.9. The molecule has 1 aliphatic heterocycles. The van der Waals surface area contributed by atoms with Gasteiger partial charge in [-0.1, -0.05) is 42.5 Å². The third-order valence-electron chi connectivity index (χ3n) is 4.85. The Morgan fingerprint density at radius 3 is 2.30 bits per heavy atom. The summed E-state index contributed by atoms with van der Waals surface area (Å²) in [6.45, 7) is 3.05. The van der Waals surface area contributed by atoms with Crippen LogP contribution < -0.4 is 0 Å². The Bertz CT molecular complexity index is 591. The fourth-order valence-electron chi connectivity index (χ4n) is 3.35. The van der Waals surface area contributed by atoms with E-state index in [4.69, 9.17) is 0 Å². The fraction of sp³-hybridized carbons (Fsp3) is 0.400. The molecule has 1 fully saturated rings. The molecule has 0 aromatic heterocycles. The van der Waals surface area contributed by atoms with Gasteiger partial charge in [-0.15, -0.1) is 0 Å². The molecule has 0 amide bonds. The summed E-state index contributed by atoms with van der Waals surface area (Å²) in [4.78, 5) is 2.44. The van der Waals surface area contributed by atoms with E-state index in [-0.39, 0.29) is 11.9 Å². The van der Waals surface area contributed by atoms with Gasteiger partial charge in [-0.3, -0.25) is 0 Å². The Kier molecular flexibility index (Phi) is 5.42. The first-order chi connectivity index (χ1) is 11.2. The Morgan fingerprint density at radius 1 is 1.00 bits per heavy atom. The van der Waals surface area contributed by atoms with E-state index < -0.39 is 0 Å². The summed E-state index contributed by atoms with van der Waals surface area (Å²) in [5.41, 5.74) is 2.20. The number of aliphatic hydroxyl groups excluding tert-OH is 1. The van der Waals surface area contributed by atoms with E-state index in [0.29, 0.717) is 5.92 Å². The predicted octanol–water partition coefficient (Wildman–Crippen LogP) is 3.81. The Hall–Kier alpha value is -1.71. The van der Waals surface area contributed by atoms with Crippen LogP contribution in [0.4, 0.5) is 4.39 Å². The molecule has 122 valence electrons. The normalized spacial score (nSPS) is 18.0. The Labute approximate surface area is 137 Å². The van der Waals surface area contributed by atoms with E-state index in [0.717, 1.165) is 44.5 Å². The molecule has 1 N–H and O–H groups in total. The van der Waals surface area contributed by atoms with Gasteiger partial charge < -0.3 is 10.0 Å². The van der Waals surface area contributed by atoms with E-state index in [1.807, 2.05) is 42.5 Å². The van der Waals surface area contributed by atoms with Crippen molar-refractivity contribution in [2.24, 2.45) is 5.92 Å². The van der Waals surface area contributed by atoms with Crippen molar-refractivity contribution in [1.29, 1.82) is 0 Å². The number of halogens is 1. The predicted molar refractivity (Wildman–Crippen MR) is 90.7 cm³/mol. The molecule has 0 aliphatic carbocycles. The quantitative estimate of drug-likeness (QED) is 0.907. The third kappa shape index (κ3) is 4.40. The highest BCUT2D eigenvalue weighted by molar-refractivity contribution is 5.18. The third-order valence-corrected chi connectivity index (χ3v) is 4.85. The number of aliphatic hydroxyl groups is 1. The molecule has 2 nitrogen and oxygen atoms in total. The SMILES string of the molecule is OC(c1ccccc1)C1CCN(CCc2ccc(F)cc2)CC1. The van der Waals surface area contributed by atoms with E-state index >= 15 is 0 Å². The standard InChI is InChI=1S/C20H24FNO/c21-19-8-6-16(7-9-19)10-13-22-14-11-18(12-15-22)20(23)17-4-2-1-3-5-17/h1-9,18,20,23H,10-15H2. The highest BCUT2D eigenvalue weighted by atomic mass is 19.1. The zero-order valence-corrected chi connectivity index (χ0v) is 13.4. The van der Waals surface area contributed by atoms with Crippen molar-refractivity contribution in [1.82, 2.24) is 4.90 Å². The van der Waals surface area contributed by atoms with Crippen LogP contribution in [0.15, 0.2) is 54.6 Å². The zero-order chi connectivity index (χ0) is 16.1. The van der Waals surface area contributed by atoms with E-state index in [9.17, 15) is 9.50 Å². The van der Waals surface area contributed by atoms with Crippen LogP contribution in [0.2, 0.25) is 0 Å². The fourth-order valence-corrected chi connectivity index (χ4v) is 3.35. The summed E-state index contributed by atoms with van der Waals surface area (Å²) in [5, 5.41) is 10.5. The summed E-state index contributed by atoms with van der Waals surface area (Å²) in [5.74, 6) is 0.170. The molecular weight excluding hydrogens is 289 g/mol. The van der Waals surface area contributed by atoms with Gasteiger partial charge in [0.2, 0.25) is 0 Å². The maximum atomic E-state index is 12.9. The van der Waals surface area contributed by atoms with Gasteiger partial charge in [-0.2, -0.15) is 0 Å². The molecule has 0 spiro atoms. The van der Waals surface area contributed by atoms with Crippen molar-refractivity contribution >= 4 is 0 Å². The maximum Gasteiger partial charge on any atom is 0.123 e. The first-order valence-corrected chi connectivity index (χ1v) is 8.42. The van der Waals surface area contributed by atoms with Gasteiger partial charge in [0.15, 0.2) is 0 Å². The second-order valence-electron chi connectivity index (χ2n) is 6.41. The second kappa shape index (κ2) is 7.71. The topological polar surface area (TPSA) is 23.5 Å². The lowest BCUT2D eigenvalue weighted by atomic mass is 9.87. The van der Waals surface area contributed by atoms with Gasteiger partial charge in [0.25, 0.3) is 0 Å². The van der Waals surface area contributed by atoms with E-state index in [2.05, 4.69) is 4.90 Å². The highest BCUT2D eigenvalue weighted by Gasteiger charge is 2.25. The molecule has 1 unspecified atom stereocenters. The molecule has 2 aromatic rings. The minimum absolute atomic E-state index is 0.176. The van der Waals surface area contributed by atoms with E-state index in [1.54, 1.807) is 0 Å². The number of hydrogen-bond acceptors (Lipinski definition) is 2. The molecule has 0 saturated carbocycles. The molecule has 2 aromatic carbocycles. The van der Waals surface area contributed by atoms with Crippen LogP contribution in [-0.4, -0.2) is 29.6 Å². The molecular formula is C20H24FNO. The average molecular weight is 313 g/mol. The van der Waals surface area contributed by atoms with Crippen LogP contribution in [0, 0.1) is 11.7 Å². The number of likely N-dealkylation sites (tertiary alicyclic amines) is 1. The monoisotopic (exact) mass is 313 g/mol. The summed E-state index contributed by atoms with van der Waals surface area (Å²) >= 11 is 0. The minimum Gasteiger partial charge on any atom is -0.388 e. The first-order valence-electron chi connectivity index (χ1n) is 8.42. The van der Waals surface area contributed by atoms with Crippen molar-refractivity contribution in [3.05, 3.63) is 71.5 Å². The van der Waals surface area contributed by atoms with Gasteiger partial charge in [0.05, 0.1) is 6.10 Å². The lowest BCUT2D eigenvalue weighted by molar-refractivity contribution is 0.0592. The van der Waals surface area contributed by atoms with Crippen molar-refractivity contribution in [2.75, 3.05) is 19.6 Å². The summed E-state index contributed by atoms with van der Waals surface area (Å²) < 4.78 is 12.9. The number of hydrogen-bond donors (Lipinski definition) is 1. The largest absolute Gasteiger partial charge is 0.388 e. The van der Waals surface area contributed by atoms with Gasteiger partial charge in [0, 0.05) is 6.54 Å². The van der Waals surface area contributed by atoms with E-state index in [1.165, 1.54) is 17.7 Å². The van der Waals surface area contributed by atoms with Gasteiger partial charge >= 0.3 is 0 Å². The van der Waals surface area contributed by atoms with Gasteiger partial charge in [-0.25, -0.2) is 4.39 Å². The smallest absolute Gasteiger partial charge is 0.123 e. The molecule has 23 heavy (non-hydrogen) atoms. The number of rotatable bonds is 5. The van der Waals surface area contributed by atoms with Crippen molar-refractivity contribution < 1.29 is 9.50 Å². The highest BCUT2D eigenvalue weighted by Crippen LogP contribution is 2.30. The molecule has 0 bridgehead atoms. The van der Waals surface area contributed by atoms with Crippen LogP contribution in [0.5, 0.6) is 0 Å². The Balaban J connectivity index is 1.46. The van der Waals surface area contributed by atoms with Crippen LogP contribution in [0.25, 0.3) is 0 Å². The molecule has 3 rings (SSSR count). The zero-order valence-electron chi connectivity index (χ0n) is 13.4. The number of piperidine rings is 1. The number of benzene rings is 2. The van der Waals surface area contributed by atoms with Crippen molar-refractivity contribution in [2.45, 2.75) is 25.4 Å². The van der Waals surface area contributed by atoms with Gasteiger partial charge in [0.1, 0.15) is 5.82 Å². The van der Waals surface area contributed by atoms with Crippen molar-refractivity contribution in [3.63, 3.8) is 0 Å². The lowest BCUT2D eigenvalue weighted by Gasteiger charge is -2.34. The first kappa shape index (κ1) is 16.2. The summed E-state index contributed by atoms with van der Waals surface area (Å²) in [6.07, 6.45) is 2.65. The minimum atomic E-state index is -0.351. The summed E-state index contributed by atoms with van der Waals surface area (Å²) in [6, 6.07) is 16.7. The molecule has 1 saturated heterocycles. The molecule has 3 heteroatoms.